The molecule has 16 heavy (non-hydrogen) atoms. The fourth-order valence-corrected chi connectivity index (χ4v) is 1.21. The minimum absolute atomic E-state index is 0.280. The number of rotatable bonds is 3. The SMILES string of the molecule is CN(C)Cc1noc(-c2nccnc2N)n1. The molecule has 0 atom stereocenters. The molecule has 2 rings (SSSR count). The Labute approximate surface area is 92.3 Å². The van der Waals surface area contributed by atoms with Gasteiger partial charge in [-0.2, -0.15) is 4.98 Å². The molecule has 0 amide bonds. The molecular weight excluding hydrogens is 208 g/mol. The average molecular weight is 220 g/mol. The van der Waals surface area contributed by atoms with E-state index in [-0.39, 0.29) is 5.82 Å². The Hall–Kier alpha value is -2.02. The van der Waals surface area contributed by atoms with Gasteiger partial charge in [-0.15, -0.1) is 0 Å². The van der Waals surface area contributed by atoms with Crippen molar-refractivity contribution in [1.82, 2.24) is 25.0 Å². The van der Waals surface area contributed by atoms with Crippen molar-refractivity contribution >= 4 is 5.82 Å². The van der Waals surface area contributed by atoms with Crippen LogP contribution in [0, 0.1) is 0 Å². The van der Waals surface area contributed by atoms with E-state index in [4.69, 9.17) is 10.3 Å². The first kappa shape index (κ1) is 10.5. The molecule has 2 heterocycles. The molecule has 0 aliphatic heterocycles. The fourth-order valence-electron chi connectivity index (χ4n) is 1.21. The van der Waals surface area contributed by atoms with E-state index < -0.39 is 0 Å². The smallest absolute Gasteiger partial charge is 0.280 e. The van der Waals surface area contributed by atoms with Crippen molar-refractivity contribution < 1.29 is 4.52 Å². The van der Waals surface area contributed by atoms with Crippen LogP contribution in [0.4, 0.5) is 5.82 Å². The molecule has 0 aromatic carbocycles. The van der Waals surface area contributed by atoms with E-state index >= 15 is 0 Å². The van der Waals surface area contributed by atoms with Gasteiger partial charge in [0.15, 0.2) is 17.3 Å². The van der Waals surface area contributed by atoms with Crippen LogP contribution in [0.2, 0.25) is 0 Å². The summed E-state index contributed by atoms with van der Waals surface area (Å²) in [5.41, 5.74) is 6.07. The summed E-state index contributed by atoms with van der Waals surface area (Å²) in [5, 5.41) is 3.82. The van der Waals surface area contributed by atoms with Crippen LogP contribution in [0.3, 0.4) is 0 Å². The molecule has 2 N–H and O–H groups in total. The highest BCUT2D eigenvalue weighted by Crippen LogP contribution is 2.18. The minimum Gasteiger partial charge on any atom is -0.382 e. The maximum absolute atomic E-state index is 5.65. The third-order valence-electron chi connectivity index (χ3n) is 1.85. The Bertz CT molecular complexity index is 480. The summed E-state index contributed by atoms with van der Waals surface area (Å²) >= 11 is 0. The number of nitrogens with two attached hydrogens (primary N) is 1. The van der Waals surface area contributed by atoms with Crippen LogP contribution in [-0.4, -0.2) is 39.1 Å². The molecule has 2 aromatic rings. The number of nitrogens with zero attached hydrogens (tertiary/aromatic N) is 5. The van der Waals surface area contributed by atoms with Gasteiger partial charge in [0.05, 0.1) is 6.54 Å². The van der Waals surface area contributed by atoms with Crippen molar-refractivity contribution in [1.29, 1.82) is 0 Å². The number of aromatic nitrogens is 4. The highest BCUT2D eigenvalue weighted by atomic mass is 16.5. The second kappa shape index (κ2) is 4.23. The van der Waals surface area contributed by atoms with Crippen LogP contribution in [0.25, 0.3) is 11.6 Å². The van der Waals surface area contributed by atoms with Crippen LogP contribution in [0.1, 0.15) is 5.82 Å². The van der Waals surface area contributed by atoms with Crippen LogP contribution in [-0.2, 0) is 6.54 Å². The molecular formula is C9H12N6O. The molecule has 2 aromatic heterocycles. The molecule has 7 nitrogen and oxygen atoms in total. The first-order valence-corrected chi connectivity index (χ1v) is 4.71. The molecule has 7 heteroatoms. The van der Waals surface area contributed by atoms with Crippen molar-refractivity contribution in [3.63, 3.8) is 0 Å². The van der Waals surface area contributed by atoms with Crippen LogP contribution < -0.4 is 5.73 Å². The summed E-state index contributed by atoms with van der Waals surface area (Å²) in [5.74, 6) is 1.16. The lowest BCUT2D eigenvalue weighted by Gasteiger charge is -2.03. The van der Waals surface area contributed by atoms with Crippen LogP contribution >= 0.6 is 0 Å². The Balaban J connectivity index is 2.28. The summed E-state index contributed by atoms with van der Waals surface area (Å²) in [6.45, 7) is 0.601. The second-order valence-corrected chi connectivity index (χ2v) is 3.54. The van der Waals surface area contributed by atoms with E-state index in [0.717, 1.165) is 0 Å². The molecule has 0 spiro atoms. The lowest BCUT2D eigenvalue weighted by Crippen LogP contribution is -2.11. The molecule has 0 fully saturated rings. The van der Waals surface area contributed by atoms with Gasteiger partial charge in [-0.3, -0.25) is 0 Å². The van der Waals surface area contributed by atoms with E-state index in [1.54, 1.807) is 0 Å². The van der Waals surface area contributed by atoms with Gasteiger partial charge in [-0.1, -0.05) is 5.16 Å². The maximum atomic E-state index is 5.65. The first-order valence-electron chi connectivity index (χ1n) is 4.71. The lowest BCUT2D eigenvalue weighted by atomic mass is 10.4. The van der Waals surface area contributed by atoms with Crippen LogP contribution in [0.15, 0.2) is 16.9 Å². The summed E-state index contributed by atoms with van der Waals surface area (Å²) < 4.78 is 5.06. The van der Waals surface area contributed by atoms with Crippen molar-refractivity contribution in [3.05, 3.63) is 18.2 Å². The Morgan fingerprint density at radius 2 is 2.06 bits per heavy atom. The fraction of sp³-hybridized carbons (Fsp3) is 0.333. The molecule has 0 bridgehead atoms. The van der Waals surface area contributed by atoms with E-state index in [0.29, 0.717) is 24.0 Å². The third-order valence-corrected chi connectivity index (χ3v) is 1.85. The quantitative estimate of drug-likeness (QED) is 0.787. The number of hydrogen-bond acceptors (Lipinski definition) is 7. The highest BCUT2D eigenvalue weighted by Gasteiger charge is 2.13. The van der Waals surface area contributed by atoms with Gasteiger partial charge in [0.25, 0.3) is 5.89 Å². The molecule has 0 radical (unpaired) electrons. The van der Waals surface area contributed by atoms with Gasteiger partial charge in [-0.25, -0.2) is 9.97 Å². The predicted octanol–water partition coefficient (Wildman–Crippen LogP) is 0.170. The molecule has 0 saturated carbocycles. The van der Waals surface area contributed by atoms with Crippen molar-refractivity contribution in [2.24, 2.45) is 0 Å². The topological polar surface area (TPSA) is 94.0 Å². The van der Waals surface area contributed by atoms with Crippen LogP contribution in [0.5, 0.6) is 0 Å². The highest BCUT2D eigenvalue weighted by molar-refractivity contribution is 5.61. The normalized spacial score (nSPS) is 10.9. The van der Waals surface area contributed by atoms with Crippen molar-refractivity contribution in [2.75, 3.05) is 19.8 Å². The Kier molecular flexibility index (Phi) is 2.78. The van der Waals surface area contributed by atoms with Crippen molar-refractivity contribution in [2.45, 2.75) is 6.54 Å². The molecule has 84 valence electrons. The number of anilines is 1. The number of nitrogen functional groups attached to an aromatic ring is 1. The summed E-state index contributed by atoms with van der Waals surface area (Å²) in [6.07, 6.45) is 3.04. The zero-order valence-electron chi connectivity index (χ0n) is 9.08. The summed E-state index contributed by atoms with van der Waals surface area (Å²) in [6, 6.07) is 0. The zero-order chi connectivity index (χ0) is 11.5. The Morgan fingerprint density at radius 1 is 1.31 bits per heavy atom. The summed E-state index contributed by atoms with van der Waals surface area (Å²) in [4.78, 5) is 14.1. The standard InChI is InChI=1S/C9H12N6O/c1-15(2)5-6-13-9(16-14-6)7-8(10)12-4-3-11-7/h3-4H,5H2,1-2H3,(H2,10,12). The Morgan fingerprint density at radius 3 is 2.75 bits per heavy atom. The zero-order valence-corrected chi connectivity index (χ0v) is 9.08. The van der Waals surface area contributed by atoms with Gasteiger partial charge in [-0.05, 0) is 14.1 Å². The van der Waals surface area contributed by atoms with Gasteiger partial charge >= 0.3 is 0 Å². The summed E-state index contributed by atoms with van der Waals surface area (Å²) in [7, 11) is 3.85. The molecule has 0 saturated heterocycles. The molecule has 0 aliphatic carbocycles. The van der Waals surface area contributed by atoms with E-state index in [1.165, 1.54) is 12.4 Å². The maximum Gasteiger partial charge on any atom is 0.280 e. The minimum atomic E-state index is 0.280. The second-order valence-electron chi connectivity index (χ2n) is 3.54. The lowest BCUT2D eigenvalue weighted by molar-refractivity contribution is 0.365. The van der Waals surface area contributed by atoms with Gasteiger partial charge < -0.3 is 15.2 Å². The van der Waals surface area contributed by atoms with Gasteiger partial charge in [0, 0.05) is 12.4 Å². The van der Waals surface area contributed by atoms with E-state index in [1.807, 2.05) is 19.0 Å². The van der Waals surface area contributed by atoms with E-state index in [2.05, 4.69) is 20.1 Å². The predicted molar refractivity (Wildman–Crippen MR) is 57.1 cm³/mol. The molecule has 0 aliphatic rings. The van der Waals surface area contributed by atoms with Gasteiger partial charge in [0.2, 0.25) is 0 Å². The van der Waals surface area contributed by atoms with Gasteiger partial charge in [0.1, 0.15) is 0 Å². The average Bonchev–Trinajstić information content (AvgIpc) is 2.66. The number of hydrogen-bond donors (Lipinski definition) is 1. The first-order chi connectivity index (χ1) is 7.66. The molecule has 0 unspecified atom stereocenters. The largest absolute Gasteiger partial charge is 0.382 e. The van der Waals surface area contributed by atoms with E-state index in [9.17, 15) is 0 Å². The third kappa shape index (κ3) is 2.14. The monoisotopic (exact) mass is 220 g/mol. The van der Waals surface area contributed by atoms with Crippen molar-refractivity contribution in [3.8, 4) is 11.6 Å².